The summed E-state index contributed by atoms with van der Waals surface area (Å²) in [6.45, 7) is 2.27. The molecule has 27 heavy (non-hydrogen) atoms. The Morgan fingerprint density at radius 3 is 2.81 bits per heavy atom. The largest absolute Gasteiger partial charge is 0.463 e. The first kappa shape index (κ1) is 18.8. The minimum absolute atomic E-state index is 0.142. The minimum Gasteiger partial charge on any atom is -0.463 e. The third-order valence-electron chi connectivity index (χ3n) is 3.84. The van der Waals surface area contributed by atoms with Gasteiger partial charge in [0.25, 0.3) is 0 Å². The molecule has 1 fully saturated rings. The number of halogens is 1. The molecule has 0 aromatic carbocycles. The van der Waals surface area contributed by atoms with Gasteiger partial charge in [0.1, 0.15) is 30.6 Å². The Morgan fingerprint density at radius 2 is 2.15 bits per heavy atom. The molecule has 0 aliphatic carbocycles. The Labute approximate surface area is 157 Å². The maximum Gasteiger partial charge on any atom is 0.303 e. The average Bonchev–Trinajstić information content (AvgIpc) is 3.16. The van der Waals surface area contributed by atoms with Gasteiger partial charge in [-0.15, -0.1) is 0 Å². The van der Waals surface area contributed by atoms with Crippen molar-refractivity contribution >= 4 is 34.7 Å². The smallest absolute Gasteiger partial charge is 0.303 e. The van der Waals surface area contributed by atoms with Crippen LogP contribution in [0.25, 0.3) is 21.6 Å². The van der Waals surface area contributed by atoms with Crippen molar-refractivity contribution in [2.75, 3.05) is 6.61 Å². The van der Waals surface area contributed by atoms with Gasteiger partial charge in [-0.05, 0) is 5.53 Å². The van der Waals surface area contributed by atoms with Crippen molar-refractivity contribution < 1.29 is 23.8 Å². The molecule has 0 unspecified atom stereocenters. The Balaban J connectivity index is 2.02. The standard InChI is InChI=1S/C14H14ClN7O5/c1-6(23)25-3-8-9(20-21-16)11(26-7(2)24)14(27-8)22-5-19-10-12(15)17-4-18-13(10)22/h4-5,8-9,11,14H,3H2,1-2H3/t8-,9-,11-,14-/m1/s1. The van der Waals surface area contributed by atoms with Gasteiger partial charge in [0.15, 0.2) is 23.1 Å². The van der Waals surface area contributed by atoms with Crippen molar-refractivity contribution in [2.24, 2.45) is 5.11 Å². The normalized spacial score (nSPS) is 24.4. The maximum atomic E-state index is 11.6. The van der Waals surface area contributed by atoms with Crippen LogP contribution in [0, 0.1) is 0 Å². The Hall–Kier alpha value is -2.95. The van der Waals surface area contributed by atoms with Gasteiger partial charge in [-0.25, -0.2) is 15.0 Å². The van der Waals surface area contributed by atoms with Crippen molar-refractivity contribution in [3.05, 3.63) is 28.3 Å². The highest BCUT2D eigenvalue weighted by atomic mass is 35.5. The van der Waals surface area contributed by atoms with Crippen molar-refractivity contribution in [2.45, 2.75) is 38.3 Å². The third kappa shape index (κ3) is 3.77. The first-order valence-electron chi connectivity index (χ1n) is 7.75. The SMILES string of the molecule is CC(=O)OC[C@H]1O[C@@H](n2cnc3c(Cl)ncnc32)[C@H](OC(C)=O)[C@@H]1N=[N+]=[N-]. The molecule has 3 rings (SSSR count). The summed E-state index contributed by atoms with van der Waals surface area (Å²) in [6.07, 6.45) is -0.117. The molecule has 2 aromatic rings. The molecule has 13 heteroatoms. The van der Waals surface area contributed by atoms with Crippen molar-refractivity contribution in [3.63, 3.8) is 0 Å². The number of azide groups is 1. The number of ether oxygens (including phenoxy) is 3. The molecule has 0 N–H and O–H groups in total. The number of hydrogen-bond acceptors (Lipinski definition) is 9. The lowest BCUT2D eigenvalue weighted by Crippen LogP contribution is -2.35. The van der Waals surface area contributed by atoms with Crippen LogP contribution >= 0.6 is 11.6 Å². The molecule has 12 nitrogen and oxygen atoms in total. The number of carbonyl (C=O) groups is 2. The fraction of sp³-hybridized carbons (Fsp3) is 0.500. The molecular formula is C14H14ClN7O5. The predicted molar refractivity (Wildman–Crippen MR) is 89.4 cm³/mol. The van der Waals surface area contributed by atoms with Crippen LogP contribution in [0.1, 0.15) is 20.1 Å². The summed E-state index contributed by atoms with van der Waals surface area (Å²) in [7, 11) is 0. The van der Waals surface area contributed by atoms with E-state index in [1.807, 2.05) is 0 Å². The highest BCUT2D eigenvalue weighted by molar-refractivity contribution is 6.33. The van der Waals surface area contributed by atoms with Gasteiger partial charge in [-0.3, -0.25) is 14.2 Å². The topological polar surface area (TPSA) is 154 Å². The number of rotatable bonds is 5. The lowest BCUT2D eigenvalue weighted by Gasteiger charge is -2.21. The van der Waals surface area contributed by atoms with E-state index in [0.717, 1.165) is 0 Å². The Kier molecular flexibility index (Phi) is 5.40. The molecule has 1 aliphatic heterocycles. The monoisotopic (exact) mass is 395 g/mol. The van der Waals surface area contributed by atoms with Crippen molar-refractivity contribution in [1.82, 2.24) is 19.5 Å². The van der Waals surface area contributed by atoms with Crippen LogP contribution in [0.2, 0.25) is 5.15 Å². The highest BCUT2D eigenvalue weighted by Crippen LogP contribution is 2.36. The summed E-state index contributed by atoms with van der Waals surface area (Å²) < 4.78 is 17.7. The van der Waals surface area contributed by atoms with E-state index in [9.17, 15) is 9.59 Å². The number of aromatic nitrogens is 4. The lowest BCUT2D eigenvalue weighted by atomic mass is 10.1. The van der Waals surface area contributed by atoms with E-state index in [1.54, 1.807) is 0 Å². The predicted octanol–water partition coefficient (Wildman–Crippen LogP) is 1.55. The number of carbonyl (C=O) groups excluding carboxylic acids is 2. The first-order chi connectivity index (χ1) is 12.9. The number of imidazole rings is 1. The van der Waals surface area contributed by atoms with E-state index in [1.165, 1.54) is 31.1 Å². The Morgan fingerprint density at radius 1 is 1.37 bits per heavy atom. The summed E-state index contributed by atoms with van der Waals surface area (Å²) in [6, 6.07) is -0.932. The lowest BCUT2D eigenvalue weighted by molar-refractivity contribution is -0.153. The van der Waals surface area contributed by atoms with E-state index in [4.69, 9.17) is 31.3 Å². The van der Waals surface area contributed by atoms with Gasteiger partial charge < -0.3 is 14.2 Å². The van der Waals surface area contributed by atoms with Gasteiger partial charge in [0, 0.05) is 18.8 Å². The van der Waals surface area contributed by atoms with Crippen LogP contribution in [0.3, 0.4) is 0 Å². The fourth-order valence-electron chi connectivity index (χ4n) is 2.81. The third-order valence-corrected chi connectivity index (χ3v) is 4.12. The van der Waals surface area contributed by atoms with Gasteiger partial charge in [0.05, 0.1) is 6.33 Å². The van der Waals surface area contributed by atoms with Gasteiger partial charge in [0.2, 0.25) is 0 Å². The molecule has 0 amide bonds. The number of nitrogens with zero attached hydrogens (tertiary/aromatic N) is 7. The zero-order valence-electron chi connectivity index (χ0n) is 14.2. The molecule has 2 aromatic heterocycles. The maximum absolute atomic E-state index is 11.6. The average molecular weight is 396 g/mol. The number of esters is 2. The number of hydrogen-bond donors (Lipinski definition) is 0. The molecule has 142 valence electrons. The summed E-state index contributed by atoms with van der Waals surface area (Å²) >= 11 is 6.01. The van der Waals surface area contributed by atoms with E-state index >= 15 is 0 Å². The molecule has 3 heterocycles. The number of fused-ring (bicyclic) bond motifs is 1. The molecular weight excluding hydrogens is 382 g/mol. The second-order valence-electron chi connectivity index (χ2n) is 5.63. The van der Waals surface area contributed by atoms with E-state index in [-0.39, 0.29) is 11.8 Å². The quantitative estimate of drug-likeness (QED) is 0.243. The van der Waals surface area contributed by atoms with Gasteiger partial charge in [-0.2, -0.15) is 0 Å². The second kappa shape index (κ2) is 7.74. The molecule has 0 saturated carbocycles. The molecule has 1 aliphatic rings. The summed E-state index contributed by atoms with van der Waals surface area (Å²) in [5.41, 5.74) is 9.56. The highest BCUT2D eigenvalue weighted by Gasteiger charge is 2.48. The van der Waals surface area contributed by atoms with Crippen LogP contribution in [0.15, 0.2) is 17.8 Å². The molecule has 0 bridgehead atoms. The zero-order chi connectivity index (χ0) is 19.6. The molecule has 0 radical (unpaired) electrons. The van der Waals surface area contributed by atoms with Gasteiger partial charge >= 0.3 is 11.9 Å². The molecule has 1 saturated heterocycles. The summed E-state index contributed by atoms with van der Waals surface area (Å²) in [5, 5.41) is 3.81. The first-order valence-corrected chi connectivity index (χ1v) is 8.13. The summed E-state index contributed by atoms with van der Waals surface area (Å²) in [5.74, 6) is -1.13. The van der Waals surface area contributed by atoms with Crippen molar-refractivity contribution in [1.29, 1.82) is 0 Å². The van der Waals surface area contributed by atoms with E-state index in [2.05, 4.69) is 25.0 Å². The van der Waals surface area contributed by atoms with Crippen LogP contribution < -0.4 is 0 Å². The minimum atomic E-state index is -0.995. The Bertz CT molecular complexity index is 928. The van der Waals surface area contributed by atoms with Crippen LogP contribution in [0.5, 0.6) is 0 Å². The zero-order valence-corrected chi connectivity index (χ0v) is 15.0. The van der Waals surface area contributed by atoms with E-state index in [0.29, 0.717) is 11.2 Å². The fourth-order valence-corrected chi connectivity index (χ4v) is 2.98. The van der Waals surface area contributed by atoms with Crippen LogP contribution in [-0.4, -0.2) is 56.3 Å². The van der Waals surface area contributed by atoms with Crippen LogP contribution in [0.4, 0.5) is 0 Å². The molecule has 0 spiro atoms. The second-order valence-corrected chi connectivity index (χ2v) is 5.98. The molecule has 4 atom stereocenters. The van der Waals surface area contributed by atoms with Gasteiger partial charge in [-0.1, -0.05) is 16.7 Å². The van der Waals surface area contributed by atoms with Crippen molar-refractivity contribution in [3.8, 4) is 0 Å². The summed E-state index contributed by atoms with van der Waals surface area (Å²) in [4.78, 5) is 37.6. The van der Waals surface area contributed by atoms with E-state index < -0.39 is 36.4 Å². The van der Waals surface area contributed by atoms with Crippen LogP contribution in [-0.2, 0) is 23.8 Å².